The Labute approximate surface area is 111 Å². The van der Waals surface area contributed by atoms with E-state index in [-0.39, 0.29) is 0 Å². The molecular formula is C13H17BrN2O. The molecule has 4 heteroatoms. The third-order valence-electron chi connectivity index (χ3n) is 2.67. The Hall–Kier alpha value is -1.05. The zero-order valence-electron chi connectivity index (χ0n) is 10.2. The van der Waals surface area contributed by atoms with Gasteiger partial charge in [-0.2, -0.15) is 5.26 Å². The lowest BCUT2D eigenvalue weighted by atomic mass is 10.1. The Morgan fingerprint density at radius 2 is 2.24 bits per heavy atom. The maximum Gasteiger partial charge on any atom is 0.0772 e. The van der Waals surface area contributed by atoms with Crippen LogP contribution in [0.3, 0.4) is 0 Å². The van der Waals surface area contributed by atoms with Gasteiger partial charge in [-0.25, -0.2) is 0 Å². The number of nitriles is 1. The molecule has 0 heterocycles. The summed E-state index contributed by atoms with van der Waals surface area (Å²) < 4.78 is 0.903. The molecule has 17 heavy (non-hydrogen) atoms. The van der Waals surface area contributed by atoms with Gasteiger partial charge in [0, 0.05) is 23.2 Å². The van der Waals surface area contributed by atoms with Crippen LogP contribution in [0.2, 0.25) is 0 Å². The van der Waals surface area contributed by atoms with Gasteiger partial charge >= 0.3 is 0 Å². The molecule has 0 bridgehead atoms. The first kappa shape index (κ1) is 14.0. The number of anilines is 1. The van der Waals surface area contributed by atoms with Crippen LogP contribution in [0, 0.1) is 11.3 Å². The summed E-state index contributed by atoms with van der Waals surface area (Å²) in [6, 6.07) is 8.04. The van der Waals surface area contributed by atoms with E-state index in [1.807, 2.05) is 18.2 Å². The summed E-state index contributed by atoms with van der Waals surface area (Å²) in [5.74, 6) is 0. The van der Waals surface area contributed by atoms with Gasteiger partial charge in [-0.1, -0.05) is 22.0 Å². The Kier molecular flexibility index (Phi) is 5.46. The summed E-state index contributed by atoms with van der Waals surface area (Å²) in [5.41, 5.74) is 1.95. The zero-order valence-corrected chi connectivity index (χ0v) is 11.7. The van der Waals surface area contributed by atoms with Crippen LogP contribution in [0.25, 0.3) is 0 Å². The van der Waals surface area contributed by atoms with Gasteiger partial charge < -0.3 is 10.0 Å². The maximum absolute atomic E-state index is 9.55. The molecule has 0 saturated carbocycles. The van der Waals surface area contributed by atoms with Crippen molar-refractivity contribution < 1.29 is 5.11 Å². The molecule has 1 N–H and O–H groups in total. The highest BCUT2D eigenvalue weighted by Gasteiger charge is 2.09. The van der Waals surface area contributed by atoms with E-state index in [1.165, 1.54) is 0 Å². The van der Waals surface area contributed by atoms with E-state index in [1.54, 1.807) is 6.92 Å². The van der Waals surface area contributed by atoms with Crippen molar-refractivity contribution in [2.24, 2.45) is 0 Å². The minimum absolute atomic E-state index is 0.479. The van der Waals surface area contributed by atoms with E-state index in [9.17, 15) is 5.11 Å². The molecule has 0 aromatic heterocycles. The molecule has 0 aliphatic rings. The number of nitrogens with zero attached hydrogens (tertiary/aromatic N) is 2. The highest BCUT2D eigenvalue weighted by Crippen LogP contribution is 2.28. The summed E-state index contributed by atoms with van der Waals surface area (Å²) >= 11 is 3.46. The van der Waals surface area contributed by atoms with Gasteiger partial charge in [0.25, 0.3) is 0 Å². The van der Waals surface area contributed by atoms with Crippen molar-refractivity contribution in [3.63, 3.8) is 0 Å². The van der Waals surface area contributed by atoms with Gasteiger partial charge in [0.1, 0.15) is 0 Å². The fourth-order valence-corrected chi connectivity index (χ4v) is 2.40. The minimum Gasteiger partial charge on any atom is -0.389 e. The molecule has 0 saturated heterocycles. The lowest BCUT2D eigenvalue weighted by molar-refractivity contribution is 0.198. The first-order valence-corrected chi connectivity index (χ1v) is 6.48. The minimum atomic E-state index is -0.479. The van der Waals surface area contributed by atoms with E-state index in [0.29, 0.717) is 6.42 Å². The van der Waals surface area contributed by atoms with E-state index in [4.69, 9.17) is 5.26 Å². The van der Waals surface area contributed by atoms with Crippen LogP contribution < -0.4 is 4.90 Å². The smallest absolute Gasteiger partial charge is 0.0772 e. The number of halogens is 1. The number of aliphatic hydroxyl groups is 1. The van der Waals surface area contributed by atoms with Crippen molar-refractivity contribution in [3.05, 3.63) is 28.2 Å². The van der Waals surface area contributed by atoms with Gasteiger partial charge in [-0.15, -0.1) is 0 Å². The second kappa shape index (κ2) is 6.63. The molecule has 0 fully saturated rings. The Morgan fingerprint density at radius 1 is 1.53 bits per heavy atom. The molecule has 0 amide bonds. The standard InChI is InChI=1S/C13H17BrN2O/c1-3-16(8-4-7-15)11-5-6-12(10(2)17)13(14)9-11/h5-6,9-10,17H,3-4,8H2,1-2H3/t10-/m1/s1. The number of rotatable bonds is 5. The summed E-state index contributed by atoms with van der Waals surface area (Å²) in [6.45, 7) is 5.40. The van der Waals surface area contributed by atoms with Crippen LogP contribution in [-0.2, 0) is 0 Å². The number of hydrogen-bond donors (Lipinski definition) is 1. The van der Waals surface area contributed by atoms with E-state index >= 15 is 0 Å². The number of benzene rings is 1. The van der Waals surface area contributed by atoms with Gasteiger partial charge in [0.2, 0.25) is 0 Å². The van der Waals surface area contributed by atoms with Crippen molar-refractivity contribution in [3.8, 4) is 6.07 Å². The van der Waals surface area contributed by atoms with Crippen LogP contribution in [0.4, 0.5) is 5.69 Å². The zero-order chi connectivity index (χ0) is 12.8. The molecule has 0 aliphatic heterocycles. The molecule has 1 rings (SSSR count). The molecule has 0 spiro atoms. The number of aliphatic hydroxyl groups excluding tert-OH is 1. The molecule has 1 aromatic rings. The van der Waals surface area contributed by atoms with Gasteiger partial charge in [-0.3, -0.25) is 0 Å². The molecule has 0 radical (unpaired) electrons. The third-order valence-corrected chi connectivity index (χ3v) is 3.36. The molecule has 0 aliphatic carbocycles. The second-order valence-corrected chi connectivity index (χ2v) is 4.72. The molecular weight excluding hydrogens is 280 g/mol. The molecule has 1 atom stereocenters. The molecule has 92 valence electrons. The Balaban J connectivity index is 2.91. The lowest BCUT2D eigenvalue weighted by Gasteiger charge is -2.23. The van der Waals surface area contributed by atoms with Gasteiger partial charge in [0.05, 0.1) is 18.6 Å². The van der Waals surface area contributed by atoms with E-state index < -0.39 is 6.10 Å². The average Bonchev–Trinajstić information content (AvgIpc) is 2.29. The van der Waals surface area contributed by atoms with Crippen LogP contribution in [0.1, 0.15) is 31.9 Å². The average molecular weight is 297 g/mol. The van der Waals surface area contributed by atoms with Crippen molar-refractivity contribution >= 4 is 21.6 Å². The first-order chi connectivity index (χ1) is 8.10. The second-order valence-electron chi connectivity index (χ2n) is 3.87. The predicted octanol–water partition coefficient (Wildman–Crippen LogP) is 3.24. The van der Waals surface area contributed by atoms with Gasteiger partial charge in [-0.05, 0) is 31.5 Å². The maximum atomic E-state index is 9.55. The van der Waals surface area contributed by atoms with Crippen LogP contribution in [0.15, 0.2) is 22.7 Å². The summed E-state index contributed by atoms with van der Waals surface area (Å²) in [7, 11) is 0. The van der Waals surface area contributed by atoms with Crippen molar-refractivity contribution in [2.75, 3.05) is 18.0 Å². The SMILES string of the molecule is CCN(CCC#N)c1ccc([C@@H](C)O)c(Br)c1. The molecule has 3 nitrogen and oxygen atoms in total. The monoisotopic (exact) mass is 296 g/mol. The van der Waals surface area contributed by atoms with E-state index in [0.717, 1.165) is 28.8 Å². The Bertz CT molecular complexity index is 412. The van der Waals surface area contributed by atoms with E-state index in [2.05, 4.69) is 33.8 Å². The summed E-state index contributed by atoms with van der Waals surface area (Å²) in [5, 5.41) is 18.2. The highest BCUT2D eigenvalue weighted by atomic mass is 79.9. The van der Waals surface area contributed by atoms with Crippen LogP contribution >= 0.6 is 15.9 Å². The van der Waals surface area contributed by atoms with Crippen molar-refractivity contribution in [1.82, 2.24) is 0 Å². The first-order valence-electron chi connectivity index (χ1n) is 5.69. The lowest BCUT2D eigenvalue weighted by Crippen LogP contribution is -2.23. The Morgan fingerprint density at radius 3 is 2.71 bits per heavy atom. The summed E-state index contributed by atoms with van der Waals surface area (Å²) in [6.07, 6.45) is 0.0384. The quantitative estimate of drug-likeness (QED) is 0.907. The van der Waals surface area contributed by atoms with Crippen molar-refractivity contribution in [2.45, 2.75) is 26.4 Å². The molecule has 1 aromatic carbocycles. The predicted molar refractivity (Wildman–Crippen MR) is 72.9 cm³/mol. The number of hydrogen-bond acceptors (Lipinski definition) is 3. The normalized spacial score (nSPS) is 11.9. The van der Waals surface area contributed by atoms with Crippen molar-refractivity contribution in [1.29, 1.82) is 5.26 Å². The largest absolute Gasteiger partial charge is 0.389 e. The fourth-order valence-electron chi connectivity index (χ4n) is 1.71. The summed E-state index contributed by atoms with van der Waals surface area (Å²) in [4.78, 5) is 2.14. The third kappa shape index (κ3) is 3.72. The van der Waals surface area contributed by atoms with Crippen LogP contribution in [0.5, 0.6) is 0 Å². The fraction of sp³-hybridized carbons (Fsp3) is 0.462. The van der Waals surface area contributed by atoms with Crippen LogP contribution in [-0.4, -0.2) is 18.2 Å². The van der Waals surface area contributed by atoms with Gasteiger partial charge in [0.15, 0.2) is 0 Å². The topological polar surface area (TPSA) is 47.3 Å². The molecule has 0 unspecified atom stereocenters. The highest BCUT2D eigenvalue weighted by molar-refractivity contribution is 9.10.